The van der Waals surface area contributed by atoms with E-state index in [0.717, 1.165) is 22.0 Å². The van der Waals surface area contributed by atoms with Gasteiger partial charge >= 0.3 is 0 Å². The molecule has 4 nitrogen and oxygen atoms in total. The summed E-state index contributed by atoms with van der Waals surface area (Å²) in [6.07, 6.45) is 3.89. The van der Waals surface area contributed by atoms with Crippen LogP contribution in [0.5, 0.6) is 0 Å². The van der Waals surface area contributed by atoms with Crippen LogP contribution in [0.2, 0.25) is 5.02 Å². The van der Waals surface area contributed by atoms with Crippen LogP contribution in [0.25, 0.3) is 11.4 Å². The van der Waals surface area contributed by atoms with Crippen molar-refractivity contribution < 1.29 is 4.79 Å². The van der Waals surface area contributed by atoms with E-state index in [-0.39, 0.29) is 5.91 Å². The zero-order valence-corrected chi connectivity index (χ0v) is 14.4. The Morgan fingerprint density at radius 2 is 2.08 bits per heavy atom. The minimum atomic E-state index is -0.0221. The summed E-state index contributed by atoms with van der Waals surface area (Å²) < 4.78 is 0. The second-order valence-corrected chi connectivity index (χ2v) is 6.64. The topological polar surface area (TPSA) is 57.8 Å². The van der Waals surface area contributed by atoms with Crippen molar-refractivity contribution in [3.63, 3.8) is 0 Å². The second kappa shape index (κ2) is 8.04. The zero-order chi connectivity index (χ0) is 16.8. The lowest BCUT2D eigenvalue weighted by Gasteiger charge is -2.07. The lowest BCUT2D eigenvalue weighted by Crippen LogP contribution is -2.12. The molecule has 1 amide bonds. The average molecular weight is 358 g/mol. The van der Waals surface area contributed by atoms with Gasteiger partial charge in [-0.15, -0.1) is 11.8 Å². The van der Waals surface area contributed by atoms with E-state index in [9.17, 15) is 4.79 Å². The van der Waals surface area contributed by atoms with Crippen molar-refractivity contribution in [2.45, 2.75) is 11.3 Å². The van der Waals surface area contributed by atoms with Gasteiger partial charge in [0, 0.05) is 40.7 Å². The van der Waals surface area contributed by atoms with Gasteiger partial charge in [0.2, 0.25) is 5.91 Å². The molecule has 6 heteroatoms. The van der Waals surface area contributed by atoms with Crippen molar-refractivity contribution in [1.82, 2.24) is 9.97 Å². The van der Waals surface area contributed by atoms with Crippen LogP contribution < -0.4 is 5.32 Å². The molecule has 0 saturated carbocycles. The van der Waals surface area contributed by atoms with Gasteiger partial charge in [0.15, 0.2) is 0 Å². The van der Waals surface area contributed by atoms with Crippen LogP contribution in [0.3, 0.4) is 0 Å². The fourth-order valence-corrected chi connectivity index (χ4v) is 3.39. The first kappa shape index (κ1) is 16.6. The Morgan fingerprint density at radius 3 is 2.88 bits per heavy atom. The van der Waals surface area contributed by atoms with Gasteiger partial charge in [-0.2, -0.15) is 0 Å². The van der Waals surface area contributed by atoms with Gasteiger partial charge < -0.3 is 10.3 Å². The van der Waals surface area contributed by atoms with Crippen LogP contribution in [0.4, 0.5) is 5.69 Å². The largest absolute Gasteiger partial charge is 0.345 e. The lowest BCUT2D eigenvalue weighted by molar-refractivity contribution is -0.115. The molecular weight excluding hydrogens is 342 g/mol. The maximum absolute atomic E-state index is 12.1. The summed E-state index contributed by atoms with van der Waals surface area (Å²) in [7, 11) is 0. The Hall–Kier alpha value is -2.24. The fraction of sp³-hybridized carbons (Fsp3) is 0.111. The van der Waals surface area contributed by atoms with Crippen LogP contribution in [0.1, 0.15) is 6.42 Å². The molecule has 0 fully saturated rings. The summed E-state index contributed by atoms with van der Waals surface area (Å²) in [5, 5.41) is 3.63. The van der Waals surface area contributed by atoms with Crippen LogP contribution in [0, 0.1) is 0 Å². The molecule has 1 aromatic heterocycles. The van der Waals surface area contributed by atoms with Gasteiger partial charge in [-0.05, 0) is 24.3 Å². The number of H-pyrrole nitrogens is 1. The molecule has 0 radical (unpaired) electrons. The van der Waals surface area contributed by atoms with E-state index in [4.69, 9.17) is 11.6 Å². The zero-order valence-electron chi connectivity index (χ0n) is 12.8. The minimum absolute atomic E-state index is 0.0221. The van der Waals surface area contributed by atoms with Crippen LogP contribution in [0.15, 0.2) is 65.8 Å². The summed E-state index contributed by atoms with van der Waals surface area (Å²) in [6, 6.07) is 15.2. The highest BCUT2D eigenvalue weighted by Crippen LogP contribution is 2.27. The number of hydrogen-bond donors (Lipinski definition) is 2. The molecule has 0 aliphatic heterocycles. The molecule has 122 valence electrons. The molecule has 0 aliphatic carbocycles. The highest BCUT2D eigenvalue weighted by atomic mass is 35.5. The Morgan fingerprint density at radius 1 is 1.21 bits per heavy atom. The van der Waals surface area contributed by atoms with Gasteiger partial charge in [-0.3, -0.25) is 4.79 Å². The molecule has 3 rings (SSSR count). The minimum Gasteiger partial charge on any atom is -0.345 e. The van der Waals surface area contributed by atoms with Crippen molar-refractivity contribution >= 4 is 35.0 Å². The molecule has 24 heavy (non-hydrogen) atoms. The highest BCUT2D eigenvalue weighted by molar-refractivity contribution is 7.99. The molecule has 0 saturated heterocycles. The van der Waals surface area contributed by atoms with Gasteiger partial charge in [-0.1, -0.05) is 35.9 Å². The number of thioether (sulfide) groups is 1. The van der Waals surface area contributed by atoms with Crippen LogP contribution >= 0.6 is 23.4 Å². The summed E-state index contributed by atoms with van der Waals surface area (Å²) in [4.78, 5) is 20.4. The quantitative estimate of drug-likeness (QED) is 0.620. The Kier molecular flexibility index (Phi) is 5.56. The SMILES string of the molecule is O=C(CCSc1ccccc1Cl)Nc1cccc(-c2ncc[nH]2)c1. The van der Waals surface area contributed by atoms with Crippen LogP contribution in [-0.2, 0) is 4.79 Å². The van der Waals surface area contributed by atoms with E-state index in [2.05, 4.69) is 15.3 Å². The first-order valence-electron chi connectivity index (χ1n) is 7.49. The van der Waals surface area contributed by atoms with E-state index in [0.29, 0.717) is 17.2 Å². The first-order chi connectivity index (χ1) is 11.7. The number of aromatic amines is 1. The van der Waals surface area contributed by atoms with Gasteiger partial charge in [0.25, 0.3) is 0 Å². The molecule has 2 N–H and O–H groups in total. The summed E-state index contributed by atoms with van der Waals surface area (Å²) >= 11 is 7.68. The number of nitrogens with zero attached hydrogens (tertiary/aromatic N) is 1. The number of hydrogen-bond acceptors (Lipinski definition) is 3. The monoisotopic (exact) mass is 357 g/mol. The number of benzene rings is 2. The number of halogens is 1. The maximum atomic E-state index is 12.1. The number of carbonyl (C=O) groups excluding carboxylic acids is 1. The highest BCUT2D eigenvalue weighted by Gasteiger charge is 2.06. The standard InChI is InChI=1S/C18H16ClN3OS/c19-15-6-1-2-7-16(15)24-11-8-17(23)22-14-5-3-4-13(12-14)18-20-9-10-21-18/h1-7,9-10,12H,8,11H2,(H,20,21)(H,22,23). The lowest BCUT2D eigenvalue weighted by atomic mass is 10.2. The molecule has 1 heterocycles. The predicted octanol–water partition coefficient (Wildman–Crippen LogP) is 4.85. The van der Waals surface area contributed by atoms with Crippen molar-refractivity contribution in [2.75, 3.05) is 11.1 Å². The summed E-state index contributed by atoms with van der Waals surface area (Å²) in [5.74, 6) is 1.43. The first-order valence-corrected chi connectivity index (χ1v) is 8.86. The number of rotatable bonds is 6. The number of carbonyl (C=O) groups is 1. The summed E-state index contributed by atoms with van der Waals surface area (Å²) in [5.41, 5.74) is 1.69. The third kappa shape index (κ3) is 4.40. The van der Waals surface area contributed by atoms with Crippen molar-refractivity contribution in [3.8, 4) is 11.4 Å². The van der Waals surface area contributed by atoms with Crippen molar-refractivity contribution in [1.29, 1.82) is 0 Å². The van der Waals surface area contributed by atoms with E-state index < -0.39 is 0 Å². The van der Waals surface area contributed by atoms with Crippen molar-refractivity contribution in [2.24, 2.45) is 0 Å². The van der Waals surface area contributed by atoms with Crippen LogP contribution in [-0.4, -0.2) is 21.6 Å². The Balaban J connectivity index is 1.54. The summed E-state index contributed by atoms with van der Waals surface area (Å²) in [6.45, 7) is 0. The molecule has 0 spiro atoms. The van der Waals surface area contributed by atoms with Gasteiger partial charge in [0.1, 0.15) is 5.82 Å². The van der Waals surface area contributed by atoms with Crippen molar-refractivity contribution in [3.05, 3.63) is 65.9 Å². The normalized spacial score (nSPS) is 10.5. The third-order valence-electron chi connectivity index (χ3n) is 3.34. The number of amides is 1. The maximum Gasteiger partial charge on any atom is 0.225 e. The molecular formula is C18H16ClN3OS. The van der Waals surface area contributed by atoms with E-state index in [1.807, 2.05) is 48.5 Å². The third-order valence-corrected chi connectivity index (χ3v) is 4.86. The number of nitrogens with one attached hydrogen (secondary N) is 2. The molecule has 0 unspecified atom stereocenters. The van der Waals surface area contributed by atoms with E-state index in [1.54, 1.807) is 24.2 Å². The molecule has 0 atom stereocenters. The molecule has 2 aromatic carbocycles. The number of anilines is 1. The fourth-order valence-electron chi connectivity index (χ4n) is 2.21. The predicted molar refractivity (Wildman–Crippen MR) is 99.4 cm³/mol. The smallest absolute Gasteiger partial charge is 0.225 e. The Bertz CT molecular complexity index is 821. The average Bonchev–Trinajstić information content (AvgIpc) is 3.11. The van der Waals surface area contributed by atoms with Gasteiger partial charge in [-0.25, -0.2) is 4.98 Å². The Labute approximate surface area is 149 Å². The molecule has 0 bridgehead atoms. The number of imidazole rings is 1. The molecule has 3 aromatic rings. The van der Waals surface area contributed by atoms with Gasteiger partial charge in [0.05, 0.1) is 5.02 Å². The van der Waals surface area contributed by atoms with E-state index >= 15 is 0 Å². The number of aromatic nitrogens is 2. The second-order valence-electron chi connectivity index (χ2n) is 5.10. The molecule has 0 aliphatic rings. The van der Waals surface area contributed by atoms with E-state index in [1.165, 1.54) is 0 Å².